The van der Waals surface area contributed by atoms with E-state index in [1.165, 1.54) is 64.2 Å². The Bertz CT molecular complexity index is 894. The molecule has 0 radical (unpaired) electrons. The number of benzene rings is 2. The molecule has 0 amide bonds. The van der Waals surface area contributed by atoms with Gasteiger partial charge in [0.25, 0.3) is 0 Å². The van der Waals surface area contributed by atoms with E-state index in [2.05, 4.69) is 24.3 Å². The Hall–Kier alpha value is -1.56. The minimum atomic E-state index is 0.837. The van der Waals surface area contributed by atoms with Crippen LogP contribution in [0, 0.1) is 11.8 Å². The highest BCUT2D eigenvalue weighted by molar-refractivity contribution is 5.94. The molecule has 2 unspecified atom stereocenters. The minimum absolute atomic E-state index is 0.837. The maximum atomic E-state index is 2.51. The van der Waals surface area contributed by atoms with Crippen LogP contribution in [0.1, 0.15) is 62.5 Å². The van der Waals surface area contributed by atoms with Gasteiger partial charge in [-0.3, -0.25) is 0 Å². The fraction of sp³-hybridized carbons (Fsp3) is 0.500. The lowest BCUT2D eigenvalue weighted by molar-refractivity contribution is 0.493. The Morgan fingerprint density at radius 1 is 0.583 bits per heavy atom. The number of hydrogen-bond donors (Lipinski definition) is 0. The standard InChI is InChI=1S/C24H26/c1-3-7-19-15(5-1)13-17-9-12-22-20-8-4-2-6-16(20)14-18-10-11-21(19)23(17)24(18)22/h9-12,15-16H,1-8,13-14H2. The molecule has 0 saturated heterocycles. The first-order chi connectivity index (χ1) is 11.9. The van der Waals surface area contributed by atoms with Crippen molar-refractivity contribution in [2.75, 3.05) is 0 Å². The van der Waals surface area contributed by atoms with Crippen molar-refractivity contribution in [2.24, 2.45) is 11.8 Å². The van der Waals surface area contributed by atoms with Crippen LogP contribution in [0.4, 0.5) is 0 Å². The normalized spacial score (nSPS) is 27.8. The van der Waals surface area contributed by atoms with Gasteiger partial charge in [-0.1, -0.05) is 48.3 Å². The van der Waals surface area contributed by atoms with Gasteiger partial charge in [-0.15, -0.1) is 0 Å². The van der Waals surface area contributed by atoms with E-state index in [0.717, 1.165) is 11.8 Å². The van der Waals surface area contributed by atoms with Crippen molar-refractivity contribution in [2.45, 2.75) is 64.2 Å². The minimum Gasteiger partial charge on any atom is -0.0589 e. The summed E-state index contributed by atoms with van der Waals surface area (Å²) in [7, 11) is 0. The first kappa shape index (κ1) is 13.7. The Labute approximate surface area is 144 Å². The molecule has 2 saturated carbocycles. The van der Waals surface area contributed by atoms with Crippen molar-refractivity contribution in [3.05, 3.63) is 45.8 Å². The van der Waals surface area contributed by atoms with Crippen LogP contribution < -0.4 is 10.4 Å². The van der Waals surface area contributed by atoms with Crippen LogP contribution >= 0.6 is 0 Å². The monoisotopic (exact) mass is 314 g/mol. The molecule has 2 aromatic rings. The summed E-state index contributed by atoms with van der Waals surface area (Å²) in [4.78, 5) is 0. The molecule has 0 bridgehead atoms. The molecular weight excluding hydrogens is 288 g/mol. The van der Waals surface area contributed by atoms with Gasteiger partial charge >= 0.3 is 0 Å². The number of fused-ring (bicyclic) bond motifs is 2. The highest BCUT2D eigenvalue weighted by Crippen LogP contribution is 2.40. The lowest BCUT2D eigenvalue weighted by atomic mass is 9.71. The van der Waals surface area contributed by atoms with Crippen molar-refractivity contribution in [1.82, 2.24) is 0 Å². The molecule has 24 heavy (non-hydrogen) atoms. The molecule has 2 atom stereocenters. The predicted molar refractivity (Wildman–Crippen MR) is 101 cm³/mol. The van der Waals surface area contributed by atoms with Gasteiger partial charge in [0.2, 0.25) is 0 Å². The van der Waals surface area contributed by atoms with Gasteiger partial charge in [0.05, 0.1) is 0 Å². The smallest absolute Gasteiger partial charge is 0.00707 e. The summed E-state index contributed by atoms with van der Waals surface area (Å²) < 4.78 is 0. The number of hydrogen-bond acceptors (Lipinski definition) is 0. The van der Waals surface area contributed by atoms with Crippen molar-refractivity contribution in [3.63, 3.8) is 0 Å². The molecule has 6 rings (SSSR count). The highest BCUT2D eigenvalue weighted by atomic mass is 14.3. The SMILES string of the molecule is c1cc2c3c(ccc4c3c1CC1CCCCC=41)CC1CCCCC=21. The summed E-state index contributed by atoms with van der Waals surface area (Å²) in [5, 5.41) is 6.59. The molecule has 122 valence electrons. The maximum absolute atomic E-state index is 2.51. The van der Waals surface area contributed by atoms with E-state index in [4.69, 9.17) is 0 Å². The third-order valence-electron chi connectivity index (χ3n) is 7.44. The molecule has 0 heteroatoms. The second-order valence-corrected chi connectivity index (χ2v) is 8.64. The Morgan fingerprint density at radius 2 is 1.08 bits per heavy atom. The maximum Gasteiger partial charge on any atom is -0.00707 e. The molecule has 0 nitrogen and oxygen atoms in total. The summed E-state index contributed by atoms with van der Waals surface area (Å²) in [6.45, 7) is 0. The van der Waals surface area contributed by atoms with Gasteiger partial charge < -0.3 is 0 Å². The van der Waals surface area contributed by atoms with Gasteiger partial charge in [0.1, 0.15) is 0 Å². The molecule has 4 aliphatic carbocycles. The molecule has 4 aliphatic rings. The Morgan fingerprint density at radius 3 is 1.58 bits per heavy atom. The van der Waals surface area contributed by atoms with E-state index in [-0.39, 0.29) is 0 Å². The third-order valence-corrected chi connectivity index (χ3v) is 7.44. The van der Waals surface area contributed by atoms with Crippen LogP contribution in [-0.2, 0) is 12.8 Å². The van der Waals surface area contributed by atoms with E-state index < -0.39 is 0 Å². The highest BCUT2D eigenvalue weighted by Gasteiger charge is 2.29. The zero-order valence-corrected chi connectivity index (χ0v) is 14.5. The molecule has 0 aliphatic heterocycles. The quantitative estimate of drug-likeness (QED) is 0.665. The average molecular weight is 314 g/mol. The zero-order valence-electron chi connectivity index (χ0n) is 14.5. The van der Waals surface area contributed by atoms with Crippen LogP contribution in [0.25, 0.3) is 21.9 Å². The van der Waals surface area contributed by atoms with Crippen LogP contribution in [0.15, 0.2) is 24.3 Å². The molecule has 0 N–H and O–H groups in total. The van der Waals surface area contributed by atoms with E-state index in [1.807, 2.05) is 0 Å². The molecule has 2 fully saturated rings. The molecule has 2 aromatic carbocycles. The van der Waals surface area contributed by atoms with Gasteiger partial charge in [-0.25, -0.2) is 0 Å². The van der Waals surface area contributed by atoms with E-state index >= 15 is 0 Å². The summed E-state index contributed by atoms with van der Waals surface area (Å²) in [6.07, 6.45) is 13.8. The van der Waals surface area contributed by atoms with Gasteiger partial charge in [-0.05, 0) is 95.5 Å². The van der Waals surface area contributed by atoms with Crippen LogP contribution in [0.5, 0.6) is 0 Å². The van der Waals surface area contributed by atoms with Crippen molar-refractivity contribution in [3.8, 4) is 0 Å². The van der Waals surface area contributed by atoms with Crippen molar-refractivity contribution < 1.29 is 0 Å². The third kappa shape index (κ3) is 1.75. The fourth-order valence-corrected chi connectivity index (χ4v) is 6.37. The zero-order chi connectivity index (χ0) is 15.7. The summed E-state index contributed by atoms with van der Waals surface area (Å²) in [5.41, 5.74) is 6.90. The molecular formula is C24H26. The van der Waals surface area contributed by atoms with E-state index in [0.29, 0.717) is 0 Å². The van der Waals surface area contributed by atoms with Crippen LogP contribution in [0.2, 0.25) is 0 Å². The summed E-state index contributed by atoms with van der Waals surface area (Å²) in [5.74, 6) is 1.67. The number of rotatable bonds is 0. The first-order valence-electron chi connectivity index (χ1n) is 10.2. The molecule has 0 aromatic heterocycles. The lowest BCUT2D eigenvalue weighted by Gasteiger charge is -2.34. The topological polar surface area (TPSA) is 0 Å². The van der Waals surface area contributed by atoms with Crippen molar-refractivity contribution >= 4 is 21.9 Å². The van der Waals surface area contributed by atoms with E-state index in [1.54, 1.807) is 43.5 Å². The largest absolute Gasteiger partial charge is 0.0589 e. The van der Waals surface area contributed by atoms with Crippen LogP contribution in [0.3, 0.4) is 0 Å². The van der Waals surface area contributed by atoms with Crippen LogP contribution in [-0.4, -0.2) is 0 Å². The second kappa shape index (κ2) is 4.97. The Balaban J connectivity index is 1.78. The predicted octanol–water partition coefficient (Wildman–Crippen LogP) is 4.63. The van der Waals surface area contributed by atoms with Crippen molar-refractivity contribution in [1.29, 1.82) is 0 Å². The van der Waals surface area contributed by atoms with Gasteiger partial charge in [-0.2, -0.15) is 0 Å². The molecule has 0 heterocycles. The first-order valence-corrected chi connectivity index (χ1v) is 10.2. The van der Waals surface area contributed by atoms with Gasteiger partial charge in [0.15, 0.2) is 0 Å². The fourth-order valence-electron chi connectivity index (χ4n) is 6.37. The summed E-state index contributed by atoms with van der Waals surface area (Å²) >= 11 is 0. The average Bonchev–Trinajstić information content (AvgIpc) is 2.65. The Kier molecular flexibility index (Phi) is 2.84. The van der Waals surface area contributed by atoms with E-state index in [9.17, 15) is 0 Å². The lowest BCUT2D eigenvalue weighted by Crippen LogP contribution is -2.31. The summed E-state index contributed by atoms with van der Waals surface area (Å²) in [6, 6.07) is 10.0. The molecule has 0 spiro atoms. The van der Waals surface area contributed by atoms with Gasteiger partial charge in [0, 0.05) is 0 Å². The second-order valence-electron chi connectivity index (χ2n) is 8.64.